The second kappa shape index (κ2) is 8.10. The van der Waals surface area contributed by atoms with Crippen LogP contribution in [0.4, 0.5) is 0 Å². The van der Waals surface area contributed by atoms with Crippen molar-refractivity contribution in [2.45, 2.75) is 51.8 Å². The highest BCUT2D eigenvalue weighted by molar-refractivity contribution is 6.31. The Morgan fingerprint density at radius 2 is 2.14 bits per heavy atom. The third-order valence-corrected chi connectivity index (χ3v) is 6.35. The Labute approximate surface area is 170 Å². The molecule has 1 aliphatic carbocycles. The van der Waals surface area contributed by atoms with Gasteiger partial charge in [-0.25, -0.2) is 4.98 Å². The summed E-state index contributed by atoms with van der Waals surface area (Å²) in [6, 6.07) is 10.3. The normalized spacial score (nSPS) is 21.6. The standard InChI is InChI=1S/C22H25ClN2O3/c1-2-14-4-3-5-19(23)18(14)13-28-21-7-6-15-12-25(9-8-20(15)24-21)17-10-16(11-17)22(26)27/h3-7,16-17H,2,8-13H2,1H3,(H,26,27). The number of pyridine rings is 1. The molecular weight excluding hydrogens is 376 g/mol. The average molecular weight is 401 g/mol. The zero-order valence-corrected chi connectivity index (χ0v) is 16.8. The maximum Gasteiger partial charge on any atom is 0.306 e. The number of fused-ring (bicyclic) bond motifs is 1. The molecule has 1 saturated carbocycles. The zero-order valence-electron chi connectivity index (χ0n) is 16.0. The van der Waals surface area contributed by atoms with E-state index in [1.54, 1.807) is 0 Å². The first-order chi connectivity index (χ1) is 13.5. The number of aryl methyl sites for hydroxylation is 1. The van der Waals surface area contributed by atoms with Gasteiger partial charge in [-0.1, -0.05) is 36.7 Å². The molecule has 0 amide bonds. The summed E-state index contributed by atoms with van der Waals surface area (Å²) in [6.07, 6.45) is 3.30. The van der Waals surface area contributed by atoms with Gasteiger partial charge in [-0.2, -0.15) is 0 Å². The second-order valence-corrected chi connectivity index (χ2v) is 8.06. The van der Waals surface area contributed by atoms with Crippen molar-refractivity contribution in [3.63, 3.8) is 0 Å². The molecule has 2 aromatic rings. The molecule has 148 valence electrons. The number of aromatic nitrogens is 1. The summed E-state index contributed by atoms with van der Waals surface area (Å²) < 4.78 is 5.95. The van der Waals surface area contributed by atoms with Crippen LogP contribution in [0.15, 0.2) is 30.3 Å². The molecule has 1 fully saturated rings. The molecule has 1 aliphatic heterocycles. The van der Waals surface area contributed by atoms with Crippen molar-refractivity contribution in [1.82, 2.24) is 9.88 Å². The van der Waals surface area contributed by atoms with Crippen molar-refractivity contribution in [1.29, 1.82) is 0 Å². The van der Waals surface area contributed by atoms with Gasteiger partial charge in [-0.3, -0.25) is 9.69 Å². The number of benzene rings is 1. The molecule has 2 heterocycles. The molecule has 2 aliphatic rings. The fourth-order valence-electron chi connectivity index (χ4n) is 4.14. The first kappa shape index (κ1) is 19.2. The first-order valence-corrected chi connectivity index (χ1v) is 10.3. The Morgan fingerprint density at radius 1 is 1.32 bits per heavy atom. The minimum atomic E-state index is -0.665. The van der Waals surface area contributed by atoms with Crippen molar-refractivity contribution in [2.24, 2.45) is 5.92 Å². The topological polar surface area (TPSA) is 62.7 Å². The quantitative estimate of drug-likeness (QED) is 0.791. The van der Waals surface area contributed by atoms with Crippen LogP contribution in [-0.4, -0.2) is 33.5 Å². The lowest BCUT2D eigenvalue weighted by atomic mass is 9.78. The van der Waals surface area contributed by atoms with Crippen molar-refractivity contribution in [3.8, 4) is 5.88 Å². The lowest BCUT2D eigenvalue weighted by Crippen LogP contribution is -2.48. The molecule has 1 aromatic carbocycles. The van der Waals surface area contributed by atoms with Gasteiger partial charge in [0.2, 0.25) is 5.88 Å². The molecule has 1 N–H and O–H groups in total. The van der Waals surface area contributed by atoms with E-state index in [0.29, 0.717) is 18.5 Å². The molecule has 1 aromatic heterocycles. The van der Waals surface area contributed by atoms with Gasteiger partial charge in [0.05, 0.1) is 11.6 Å². The summed E-state index contributed by atoms with van der Waals surface area (Å²) in [5.41, 5.74) is 4.51. The van der Waals surface area contributed by atoms with Gasteiger partial charge in [-0.05, 0) is 36.5 Å². The third kappa shape index (κ3) is 3.87. The largest absolute Gasteiger partial charge is 0.481 e. The maximum absolute atomic E-state index is 11.0. The number of carboxylic acids is 1. The molecule has 0 atom stereocenters. The molecular formula is C22H25ClN2O3. The Morgan fingerprint density at radius 3 is 2.89 bits per heavy atom. The van der Waals surface area contributed by atoms with E-state index < -0.39 is 5.97 Å². The van der Waals surface area contributed by atoms with Gasteiger partial charge < -0.3 is 9.84 Å². The fraction of sp³-hybridized carbons (Fsp3) is 0.455. The van der Waals surface area contributed by atoms with Crippen molar-refractivity contribution >= 4 is 17.6 Å². The summed E-state index contributed by atoms with van der Waals surface area (Å²) in [4.78, 5) is 18.1. The lowest BCUT2D eigenvalue weighted by Gasteiger charge is -2.43. The van der Waals surface area contributed by atoms with Crippen LogP contribution in [0.1, 0.15) is 42.1 Å². The number of hydrogen-bond acceptors (Lipinski definition) is 4. The molecule has 0 spiro atoms. The molecule has 5 nitrogen and oxygen atoms in total. The van der Waals surface area contributed by atoms with Crippen LogP contribution in [0.25, 0.3) is 0 Å². The van der Waals surface area contributed by atoms with Gasteiger partial charge >= 0.3 is 5.97 Å². The number of carbonyl (C=O) groups is 1. The predicted molar refractivity (Wildman–Crippen MR) is 108 cm³/mol. The average Bonchev–Trinajstić information content (AvgIpc) is 2.65. The lowest BCUT2D eigenvalue weighted by molar-refractivity contribution is -0.147. The summed E-state index contributed by atoms with van der Waals surface area (Å²) in [5, 5.41) is 9.80. The minimum absolute atomic E-state index is 0.168. The van der Waals surface area contributed by atoms with Gasteiger partial charge in [0.25, 0.3) is 0 Å². The number of aliphatic carboxylic acids is 1. The first-order valence-electron chi connectivity index (χ1n) is 9.90. The van der Waals surface area contributed by atoms with E-state index in [1.807, 2.05) is 18.2 Å². The monoisotopic (exact) mass is 400 g/mol. The molecule has 4 rings (SSSR count). The Kier molecular flexibility index (Phi) is 5.56. The van der Waals surface area contributed by atoms with E-state index in [2.05, 4.69) is 24.0 Å². The van der Waals surface area contributed by atoms with E-state index >= 15 is 0 Å². The molecule has 0 unspecified atom stereocenters. The van der Waals surface area contributed by atoms with Crippen LogP contribution in [-0.2, 0) is 30.8 Å². The van der Waals surface area contributed by atoms with Crippen LogP contribution in [0, 0.1) is 5.92 Å². The number of nitrogens with zero attached hydrogens (tertiary/aromatic N) is 2. The smallest absolute Gasteiger partial charge is 0.306 e. The third-order valence-electron chi connectivity index (χ3n) is 5.99. The number of carboxylic acid groups (broad SMARTS) is 1. The van der Waals surface area contributed by atoms with E-state index in [-0.39, 0.29) is 5.92 Å². The summed E-state index contributed by atoms with van der Waals surface area (Å²) in [6.45, 7) is 4.29. The van der Waals surface area contributed by atoms with Crippen LogP contribution < -0.4 is 4.74 Å². The maximum atomic E-state index is 11.0. The number of rotatable bonds is 6. The molecule has 0 bridgehead atoms. The highest BCUT2D eigenvalue weighted by Crippen LogP contribution is 2.35. The molecule has 6 heteroatoms. The van der Waals surface area contributed by atoms with Crippen molar-refractivity contribution < 1.29 is 14.6 Å². The van der Waals surface area contributed by atoms with Gasteiger partial charge in [-0.15, -0.1) is 0 Å². The summed E-state index contributed by atoms with van der Waals surface area (Å²) >= 11 is 6.34. The Hall–Kier alpha value is -2.11. The zero-order chi connectivity index (χ0) is 19.7. The number of hydrogen-bond donors (Lipinski definition) is 1. The Bertz CT molecular complexity index is 880. The minimum Gasteiger partial charge on any atom is -0.481 e. The second-order valence-electron chi connectivity index (χ2n) is 7.66. The summed E-state index contributed by atoms with van der Waals surface area (Å²) in [7, 11) is 0. The highest BCUT2D eigenvalue weighted by Gasteiger charge is 2.38. The van der Waals surface area contributed by atoms with Crippen LogP contribution in [0.5, 0.6) is 5.88 Å². The molecule has 28 heavy (non-hydrogen) atoms. The molecule has 0 radical (unpaired) electrons. The number of ether oxygens (including phenoxy) is 1. The van der Waals surface area contributed by atoms with Gasteiger partial charge in [0.15, 0.2) is 0 Å². The van der Waals surface area contributed by atoms with Gasteiger partial charge in [0, 0.05) is 42.2 Å². The fourth-order valence-corrected chi connectivity index (χ4v) is 4.39. The van der Waals surface area contributed by atoms with Crippen LogP contribution in [0.3, 0.4) is 0 Å². The Balaban J connectivity index is 1.39. The van der Waals surface area contributed by atoms with Crippen LogP contribution >= 0.6 is 11.6 Å². The van der Waals surface area contributed by atoms with Crippen molar-refractivity contribution in [3.05, 3.63) is 57.7 Å². The highest BCUT2D eigenvalue weighted by atomic mass is 35.5. The van der Waals surface area contributed by atoms with E-state index in [4.69, 9.17) is 26.4 Å². The number of halogens is 1. The van der Waals surface area contributed by atoms with E-state index in [9.17, 15) is 4.79 Å². The SMILES string of the molecule is CCc1cccc(Cl)c1COc1ccc2c(n1)CCN(C1CC(C(=O)O)C1)C2. The molecule has 0 saturated heterocycles. The van der Waals surface area contributed by atoms with E-state index in [0.717, 1.165) is 55.1 Å². The van der Waals surface area contributed by atoms with Crippen LogP contribution in [0.2, 0.25) is 5.02 Å². The van der Waals surface area contributed by atoms with Gasteiger partial charge in [0.1, 0.15) is 6.61 Å². The summed E-state index contributed by atoms with van der Waals surface area (Å²) in [5.74, 6) is -0.205. The van der Waals surface area contributed by atoms with E-state index in [1.165, 1.54) is 11.1 Å². The van der Waals surface area contributed by atoms with Crippen molar-refractivity contribution in [2.75, 3.05) is 6.54 Å². The predicted octanol–water partition coefficient (Wildman–Crippen LogP) is 4.10.